The highest BCUT2D eigenvalue weighted by atomic mass is 79.9. The number of imidazole rings is 1. The summed E-state index contributed by atoms with van der Waals surface area (Å²) in [6, 6.07) is 10.1. The van der Waals surface area contributed by atoms with E-state index in [0.717, 1.165) is 47.6 Å². The zero-order chi connectivity index (χ0) is 15.2. The molecular formula is C16H18BrN5. The molecule has 0 atom stereocenters. The summed E-state index contributed by atoms with van der Waals surface area (Å²) in [7, 11) is 0. The molecule has 0 saturated heterocycles. The summed E-state index contributed by atoms with van der Waals surface area (Å²) in [6.07, 6.45) is 6.71. The van der Waals surface area contributed by atoms with Gasteiger partial charge in [0.05, 0.1) is 18.4 Å². The van der Waals surface area contributed by atoms with E-state index in [1.54, 1.807) is 6.20 Å². The molecule has 6 heteroatoms. The van der Waals surface area contributed by atoms with Gasteiger partial charge in [0.1, 0.15) is 5.82 Å². The van der Waals surface area contributed by atoms with Crippen LogP contribution in [0.4, 0.5) is 0 Å². The number of hydrogen-bond acceptors (Lipinski definition) is 3. The number of aromatic amines is 1. The Labute approximate surface area is 137 Å². The third kappa shape index (κ3) is 4.05. The van der Waals surface area contributed by atoms with E-state index in [9.17, 15) is 0 Å². The molecule has 0 fully saturated rings. The van der Waals surface area contributed by atoms with Gasteiger partial charge in [0.15, 0.2) is 0 Å². The summed E-state index contributed by atoms with van der Waals surface area (Å²) in [5, 5.41) is 7.58. The lowest BCUT2D eigenvalue weighted by Crippen LogP contribution is -2.17. The van der Waals surface area contributed by atoms with Crippen LogP contribution < -0.4 is 5.32 Å². The van der Waals surface area contributed by atoms with E-state index < -0.39 is 0 Å². The van der Waals surface area contributed by atoms with Crippen molar-refractivity contribution in [3.8, 4) is 11.3 Å². The van der Waals surface area contributed by atoms with Crippen LogP contribution in [-0.4, -0.2) is 26.3 Å². The van der Waals surface area contributed by atoms with E-state index in [0.29, 0.717) is 0 Å². The molecule has 2 heterocycles. The number of aryl methyl sites for hydroxylation is 1. The van der Waals surface area contributed by atoms with Gasteiger partial charge >= 0.3 is 0 Å². The number of rotatable bonds is 7. The molecule has 2 aromatic heterocycles. The van der Waals surface area contributed by atoms with Crippen LogP contribution in [0, 0.1) is 0 Å². The van der Waals surface area contributed by atoms with Gasteiger partial charge in [0.25, 0.3) is 0 Å². The van der Waals surface area contributed by atoms with Crippen LogP contribution in [0.25, 0.3) is 11.3 Å². The molecule has 0 aliphatic heterocycles. The largest absolute Gasteiger partial charge is 0.341 e. The van der Waals surface area contributed by atoms with Gasteiger partial charge in [-0.2, -0.15) is 5.10 Å². The second kappa shape index (κ2) is 7.38. The number of aromatic nitrogens is 4. The lowest BCUT2D eigenvalue weighted by molar-refractivity contribution is 0.539. The fourth-order valence-corrected chi connectivity index (χ4v) is 2.66. The van der Waals surface area contributed by atoms with E-state index in [1.165, 1.54) is 0 Å². The molecule has 0 radical (unpaired) electrons. The number of H-pyrrole nitrogens is 1. The molecule has 114 valence electrons. The Morgan fingerprint density at radius 1 is 1.27 bits per heavy atom. The van der Waals surface area contributed by atoms with Crippen molar-refractivity contribution in [1.82, 2.24) is 25.1 Å². The van der Waals surface area contributed by atoms with E-state index in [4.69, 9.17) is 0 Å². The Bertz CT molecular complexity index is 705. The molecule has 2 N–H and O–H groups in total. The minimum Gasteiger partial charge on any atom is -0.341 e. The van der Waals surface area contributed by atoms with Gasteiger partial charge in [-0.15, -0.1) is 0 Å². The molecule has 0 bridgehead atoms. The predicted molar refractivity (Wildman–Crippen MR) is 90.3 cm³/mol. The van der Waals surface area contributed by atoms with Gasteiger partial charge in [-0.25, -0.2) is 4.98 Å². The van der Waals surface area contributed by atoms with Crippen molar-refractivity contribution < 1.29 is 0 Å². The maximum atomic E-state index is 4.42. The Morgan fingerprint density at radius 2 is 2.23 bits per heavy atom. The fraction of sp³-hybridized carbons (Fsp3) is 0.250. The van der Waals surface area contributed by atoms with Gasteiger partial charge in [0, 0.05) is 29.0 Å². The summed E-state index contributed by atoms with van der Waals surface area (Å²) in [5.41, 5.74) is 2.17. The van der Waals surface area contributed by atoms with E-state index in [1.807, 2.05) is 35.3 Å². The van der Waals surface area contributed by atoms with Gasteiger partial charge in [0.2, 0.25) is 0 Å². The summed E-state index contributed by atoms with van der Waals surface area (Å²) in [5.74, 6) is 0.953. The van der Waals surface area contributed by atoms with Crippen molar-refractivity contribution in [1.29, 1.82) is 0 Å². The summed E-state index contributed by atoms with van der Waals surface area (Å²) in [6.45, 7) is 2.61. The van der Waals surface area contributed by atoms with E-state index in [2.05, 4.69) is 48.4 Å². The molecule has 5 nitrogen and oxygen atoms in total. The molecule has 0 spiro atoms. The Kier molecular flexibility index (Phi) is 5.03. The monoisotopic (exact) mass is 359 g/mol. The molecule has 1 aromatic carbocycles. The van der Waals surface area contributed by atoms with Crippen LogP contribution in [0.5, 0.6) is 0 Å². The molecule has 0 unspecified atom stereocenters. The van der Waals surface area contributed by atoms with Gasteiger partial charge in [-0.3, -0.25) is 4.68 Å². The van der Waals surface area contributed by atoms with Crippen LogP contribution in [0.1, 0.15) is 12.2 Å². The van der Waals surface area contributed by atoms with E-state index in [-0.39, 0.29) is 0 Å². The van der Waals surface area contributed by atoms with Crippen LogP contribution in [0.2, 0.25) is 0 Å². The first-order valence-corrected chi connectivity index (χ1v) is 8.08. The minimum atomic E-state index is 0.743. The van der Waals surface area contributed by atoms with Crippen molar-refractivity contribution >= 4 is 15.9 Å². The standard InChI is InChI=1S/C16H18BrN5/c17-14-5-1-4-13(10-14)15-11-19-16(21-15)12-18-6-2-8-22-9-3-7-20-22/h1,3-5,7,9-11,18H,2,6,8,12H2,(H,19,21). The first kappa shape index (κ1) is 15.0. The molecule has 22 heavy (non-hydrogen) atoms. The summed E-state index contributed by atoms with van der Waals surface area (Å²) in [4.78, 5) is 7.77. The zero-order valence-corrected chi connectivity index (χ0v) is 13.8. The first-order valence-electron chi connectivity index (χ1n) is 7.29. The van der Waals surface area contributed by atoms with Crippen LogP contribution in [-0.2, 0) is 13.1 Å². The normalized spacial score (nSPS) is 11.0. The Hall–Kier alpha value is -1.92. The molecule has 3 rings (SSSR count). The van der Waals surface area contributed by atoms with Crippen LogP contribution >= 0.6 is 15.9 Å². The quantitative estimate of drug-likeness (QED) is 0.636. The number of halogens is 1. The number of benzene rings is 1. The Balaban J connectivity index is 1.46. The van der Waals surface area contributed by atoms with Crippen molar-refractivity contribution in [3.05, 3.63) is 59.2 Å². The van der Waals surface area contributed by atoms with Crippen LogP contribution in [0.15, 0.2) is 53.4 Å². The SMILES string of the molecule is Brc1cccc(-c2cnc(CNCCCn3cccn3)[nH]2)c1. The zero-order valence-electron chi connectivity index (χ0n) is 12.2. The van der Waals surface area contributed by atoms with Crippen molar-refractivity contribution in [2.45, 2.75) is 19.5 Å². The second-order valence-corrected chi connectivity index (χ2v) is 5.97. The fourth-order valence-electron chi connectivity index (χ4n) is 2.26. The average molecular weight is 360 g/mol. The molecule has 0 amide bonds. The maximum Gasteiger partial charge on any atom is 0.120 e. The highest BCUT2D eigenvalue weighted by Crippen LogP contribution is 2.21. The predicted octanol–water partition coefficient (Wildman–Crippen LogP) is 3.22. The van der Waals surface area contributed by atoms with E-state index >= 15 is 0 Å². The maximum absolute atomic E-state index is 4.42. The average Bonchev–Trinajstić information content (AvgIpc) is 3.18. The molecular weight excluding hydrogens is 342 g/mol. The van der Waals surface area contributed by atoms with Gasteiger partial charge in [-0.1, -0.05) is 28.1 Å². The third-order valence-corrected chi connectivity index (χ3v) is 3.85. The molecule has 0 saturated carbocycles. The summed E-state index contributed by atoms with van der Waals surface area (Å²) >= 11 is 3.49. The van der Waals surface area contributed by atoms with Gasteiger partial charge in [-0.05, 0) is 31.2 Å². The molecule has 0 aliphatic carbocycles. The highest BCUT2D eigenvalue weighted by molar-refractivity contribution is 9.10. The van der Waals surface area contributed by atoms with Crippen molar-refractivity contribution in [2.75, 3.05) is 6.54 Å². The van der Waals surface area contributed by atoms with Crippen molar-refractivity contribution in [3.63, 3.8) is 0 Å². The number of nitrogens with zero attached hydrogens (tertiary/aromatic N) is 3. The third-order valence-electron chi connectivity index (χ3n) is 3.36. The molecule has 3 aromatic rings. The topological polar surface area (TPSA) is 58.5 Å². The smallest absolute Gasteiger partial charge is 0.120 e. The Morgan fingerprint density at radius 3 is 3.05 bits per heavy atom. The van der Waals surface area contributed by atoms with Crippen LogP contribution in [0.3, 0.4) is 0 Å². The molecule has 0 aliphatic rings. The van der Waals surface area contributed by atoms with Gasteiger partial charge < -0.3 is 10.3 Å². The number of hydrogen-bond donors (Lipinski definition) is 2. The second-order valence-electron chi connectivity index (χ2n) is 5.05. The first-order chi connectivity index (χ1) is 10.8. The summed E-state index contributed by atoms with van der Waals surface area (Å²) < 4.78 is 3.01. The number of nitrogens with one attached hydrogen (secondary N) is 2. The lowest BCUT2D eigenvalue weighted by Gasteiger charge is -2.03. The van der Waals surface area contributed by atoms with Crippen molar-refractivity contribution in [2.24, 2.45) is 0 Å². The lowest BCUT2D eigenvalue weighted by atomic mass is 10.2. The highest BCUT2D eigenvalue weighted by Gasteiger charge is 2.03. The minimum absolute atomic E-state index is 0.743.